The van der Waals surface area contributed by atoms with Crippen molar-refractivity contribution in [1.82, 2.24) is 34.5 Å². The molecule has 0 aliphatic heterocycles. The molecule has 0 bridgehead atoms. The Hall–Kier alpha value is -10.4. The molecule has 563 valence electrons. The van der Waals surface area contributed by atoms with Gasteiger partial charge in [0, 0.05) is 44.9 Å². The summed E-state index contributed by atoms with van der Waals surface area (Å²) in [5.41, 5.74) is 38.7. The van der Waals surface area contributed by atoms with E-state index in [1.807, 2.05) is 122 Å². The van der Waals surface area contributed by atoms with Crippen molar-refractivity contribution >= 4 is 63.7 Å². The Morgan fingerprint density at radius 3 is 1.04 bits per heavy atom. The minimum atomic E-state index is 0. The molecule has 0 saturated heterocycles. The Labute approximate surface area is 733 Å². The van der Waals surface area contributed by atoms with Gasteiger partial charge in [0.2, 0.25) is 0 Å². The van der Waals surface area contributed by atoms with E-state index < -0.39 is 0 Å². The number of hydrogen-bond acceptors (Lipinski definition) is 6. The average molecular weight is 2100 g/mol. The number of aromatic nitrogens is 7. The van der Waals surface area contributed by atoms with Crippen LogP contribution in [-0.4, -0.2) is 34.5 Å². The largest absolute Gasteiger partial charge is 3.00 e. The monoisotopic (exact) mass is 2090 g/mol. The smallest absolute Gasteiger partial charge is 0.562 e. The number of hydrogen-bond donors (Lipinski definition) is 0. The van der Waals surface area contributed by atoms with Crippen LogP contribution >= 0.6 is 63.7 Å². The topological polar surface area (TPSA) is 82.3 Å². The predicted octanol–water partition coefficient (Wildman–Crippen LogP) is 28.0. The van der Waals surface area contributed by atoms with E-state index in [0.717, 1.165) is 163 Å². The first-order chi connectivity index (χ1) is 54.9. The minimum absolute atomic E-state index is 0. The van der Waals surface area contributed by atoms with Crippen molar-refractivity contribution in [1.29, 1.82) is 0 Å². The van der Waals surface area contributed by atoms with Gasteiger partial charge >= 0.3 is 20.1 Å². The minimum Gasteiger partial charge on any atom is -0.562 e. The Kier molecular flexibility index (Phi) is 25.3. The summed E-state index contributed by atoms with van der Waals surface area (Å²) in [5.74, 6) is 0.499. The second-order valence-corrected chi connectivity index (χ2v) is 31.8. The van der Waals surface area contributed by atoms with Gasteiger partial charge in [-0.15, -0.1) is 137 Å². The molecule has 11 aromatic carbocycles. The van der Waals surface area contributed by atoms with Crippen LogP contribution in [0.4, 0.5) is 0 Å². The number of benzene rings is 11. The molecule has 1 radical (unpaired) electrons. The summed E-state index contributed by atoms with van der Waals surface area (Å²) in [6.07, 6.45) is 17.3. The van der Waals surface area contributed by atoms with Crippen molar-refractivity contribution in [2.75, 3.05) is 0 Å². The second kappa shape index (κ2) is 35.8. The number of aryl methyl sites for hydroxylation is 8. The summed E-state index contributed by atoms with van der Waals surface area (Å²) in [7, 11) is 0. The normalized spacial score (nSPS) is 11.0. The van der Waals surface area contributed by atoms with Crippen LogP contribution in [0.1, 0.15) is 44.5 Å². The summed E-state index contributed by atoms with van der Waals surface area (Å²) in [6, 6.07) is 102. The van der Waals surface area contributed by atoms with Gasteiger partial charge in [-0.05, 0) is 221 Å². The van der Waals surface area contributed by atoms with Gasteiger partial charge < -0.3 is 34.5 Å². The summed E-state index contributed by atoms with van der Waals surface area (Å²) in [5, 5.41) is 0. The second-order valence-electron chi connectivity index (χ2n) is 28.3. The Balaban J connectivity index is 0.000000195. The van der Waals surface area contributed by atoms with Gasteiger partial charge in [-0.2, -0.15) is 0 Å². The van der Waals surface area contributed by atoms with Crippen LogP contribution in [0.3, 0.4) is 0 Å². The summed E-state index contributed by atoms with van der Waals surface area (Å²) in [4.78, 5) is 28.0. The molecule has 13 heteroatoms. The fourth-order valence-corrected chi connectivity index (χ4v) is 16.3. The number of halogens is 4. The van der Waals surface area contributed by atoms with E-state index in [9.17, 15) is 0 Å². The molecule has 6 aromatic heterocycles. The SMILES string of the molecule is Cc1cc(-c2ccc(-c3[c-]ccc(Br)c3)nc2)c(-c2cc(-c3ccc[c-]c3-c3cnc(-n4[c-]cc[c-]4)nc3)cc(-c3cc(C)c(C)cc3-c3c[c-]c(-c4ccccn4)cc3Br)c2)cc1C.Cc1cc(-c2cccc(-c3cc(C)c(C)cc3-c3c[c-]c(-c4ccccn4)cc3Br)c2)c(-c2c[c-]c(-c3ccccn3)cc2Br)cc1C.[Ir+3].[Ir]. The van der Waals surface area contributed by atoms with Gasteiger partial charge in [-0.3, -0.25) is 12.3 Å². The first kappa shape index (κ1) is 81.2. The zero-order valence-electron chi connectivity index (χ0n) is 63.9. The molecular weight excluding hydrogens is 2030 g/mol. The molecule has 0 amide bonds. The van der Waals surface area contributed by atoms with Crippen molar-refractivity contribution in [3.05, 3.63) is 385 Å². The van der Waals surface area contributed by atoms with E-state index in [1.165, 1.54) is 55.6 Å². The summed E-state index contributed by atoms with van der Waals surface area (Å²) < 4.78 is 5.62. The van der Waals surface area contributed by atoms with E-state index in [2.05, 4.69) is 322 Å². The standard InChI is InChI=1S/C58H38Br2N5.C44H32Br2N2.2Ir/c1-36-24-51(42-18-20-57(62-33-42)40-12-11-13-47(59)31-40)52(25-37(36)2)44-28-43(48-14-5-6-15-49(48)46-34-63-58(64-35-46)65-22-9-10-23-65)29-45(30-44)53-26-38(3)39(4)27-54(53)50-19-17-41(32-55(50)60)56-16-7-8-21-61-56;1-27-20-37(39(22-29(27)3)35-16-14-33(25-41(35)45)43-12-5-7-18-47-43)31-10-9-11-32(24-31)38-21-28(2)30(4)23-40(38)36-17-15-34(26-42(36)46)44-13-6-8-19-48-44;;/h5-11,13-14,16,18-21,24-35H,1-4H3;5-13,16-26H,1-4H3;;/q-5;-2;;+3. The van der Waals surface area contributed by atoms with Gasteiger partial charge in [-0.25, -0.2) is 12.3 Å². The predicted molar refractivity (Wildman–Crippen MR) is 476 cm³/mol. The molecule has 17 rings (SSSR count). The molecule has 115 heavy (non-hydrogen) atoms. The van der Waals surface area contributed by atoms with Gasteiger partial charge in [0.15, 0.2) is 0 Å². The number of pyridine rings is 4. The van der Waals surface area contributed by atoms with Gasteiger partial charge in [0.1, 0.15) is 0 Å². The van der Waals surface area contributed by atoms with Crippen molar-refractivity contribution in [2.24, 2.45) is 0 Å². The van der Waals surface area contributed by atoms with Crippen molar-refractivity contribution in [3.8, 4) is 162 Å². The zero-order valence-corrected chi connectivity index (χ0v) is 75.0. The quantitative estimate of drug-likeness (QED) is 0.0951. The molecular formula is C102H70Br4Ir2N7-4. The van der Waals surface area contributed by atoms with Crippen LogP contribution in [0.15, 0.2) is 298 Å². The maximum Gasteiger partial charge on any atom is 3.00 e. The van der Waals surface area contributed by atoms with E-state index in [-0.39, 0.29) is 40.2 Å². The third-order valence-corrected chi connectivity index (χ3v) is 23.3. The maximum absolute atomic E-state index is 4.96. The summed E-state index contributed by atoms with van der Waals surface area (Å²) >= 11 is 15.4. The van der Waals surface area contributed by atoms with Gasteiger partial charge in [0.25, 0.3) is 0 Å². The fourth-order valence-electron chi connectivity index (χ4n) is 14.3. The Bertz CT molecular complexity index is 6280. The molecule has 0 atom stereocenters. The van der Waals surface area contributed by atoms with E-state index in [1.54, 1.807) is 16.7 Å². The third-order valence-electron chi connectivity index (χ3n) is 20.9. The van der Waals surface area contributed by atoms with Crippen molar-refractivity contribution < 1.29 is 40.2 Å². The van der Waals surface area contributed by atoms with Crippen LogP contribution in [0.25, 0.3) is 162 Å². The van der Waals surface area contributed by atoms with E-state index in [0.29, 0.717) is 5.95 Å². The van der Waals surface area contributed by atoms with Crippen LogP contribution in [-0.2, 0) is 40.2 Å². The van der Waals surface area contributed by atoms with Gasteiger partial charge in [0.05, 0.1) is 5.95 Å². The van der Waals surface area contributed by atoms with Gasteiger partial charge in [-0.1, -0.05) is 254 Å². The molecule has 0 spiro atoms. The molecule has 6 heterocycles. The first-order valence-electron chi connectivity index (χ1n) is 37.0. The van der Waals surface area contributed by atoms with E-state index >= 15 is 0 Å². The van der Waals surface area contributed by atoms with Crippen LogP contribution in [0.5, 0.6) is 0 Å². The van der Waals surface area contributed by atoms with Crippen molar-refractivity contribution in [2.45, 2.75) is 55.4 Å². The maximum atomic E-state index is 4.96. The zero-order chi connectivity index (χ0) is 78.0. The molecule has 17 aromatic rings. The number of nitrogens with zero attached hydrogens (tertiary/aromatic N) is 7. The molecule has 7 nitrogen and oxygen atoms in total. The molecule has 0 fully saturated rings. The van der Waals surface area contributed by atoms with Crippen LogP contribution < -0.4 is 0 Å². The Morgan fingerprint density at radius 1 is 0.270 bits per heavy atom. The molecule has 0 N–H and O–H groups in total. The van der Waals surface area contributed by atoms with Crippen molar-refractivity contribution in [3.63, 3.8) is 0 Å². The number of rotatable bonds is 15. The van der Waals surface area contributed by atoms with E-state index in [4.69, 9.17) is 15.0 Å². The fraction of sp³-hybridized carbons (Fsp3) is 0.0784. The summed E-state index contributed by atoms with van der Waals surface area (Å²) in [6.45, 7) is 17.4. The average Bonchev–Trinajstić information content (AvgIpc) is 1.20. The first-order valence-corrected chi connectivity index (χ1v) is 40.2. The molecule has 0 unspecified atom stereocenters. The van der Waals surface area contributed by atoms with Crippen LogP contribution in [0.2, 0.25) is 0 Å². The Morgan fingerprint density at radius 2 is 0.643 bits per heavy atom. The molecule has 0 aliphatic carbocycles. The third kappa shape index (κ3) is 17.6. The molecule has 0 aliphatic rings. The van der Waals surface area contributed by atoms with Crippen LogP contribution in [0, 0.1) is 98.1 Å². The molecule has 0 saturated carbocycles.